The molecule has 0 saturated heterocycles. The van der Waals surface area contributed by atoms with E-state index in [0.29, 0.717) is 11.5 Å². The SMILES string of the molecule is CCCCC(O)(CCCC)c1ccccc1.CCCCc1cccc(OC)c1O. The van der Waals surface area contributed by atoms with Crippen molar-refractivity contribution in [2.24, 2.45) is 0 Å². The predicted molar refractivity (Wildman–Crippen MR) is 123 cm³/mol. The number of methoxy groups -OCH3 is 1. The van der Waals surface area contributed by atoms with Crippen LogP contribution in [0.25, 0.3) is 0 Å². The van der Waals surface area contributed by atoms with Crippen LogP contribution in [0.5, 0.6) is 11.5 Å². The molecule has 0 atom stereocenters. The number of rotatable bonds is 11. The molecule has 0 aromatic heterocycles. The lowest BCUT2D eigenvalue weighted by molar-refractivity contribution is 0.0141. The van der Waals surface area contributed by atoms with Gasteiger partial charge in [-0.1, -0.05) is 95.3 Å². The molecule has 0 unspecified atom stereocenters. The number of ether oxygens (including phenoxy) is 1. The third-order valence-corrected chi connectivity index (χ3v) is 5.30. The number of unbranched alkanes of at least 4 members (excludes halogenated alkanes) is 3. The summed E-state index contributed by atoms with van der Waals surface area (Å²) in [7, 11) is 1.57. The summed E-state index contributed by atoms with van der Waals surface area (Å²) in [6, 6.07) is 15.7. The van der Waals surface area contributed by atoms with E-state index >= 15 is 0 Å². The fourth-order valence-electron chi connectivity index (χ4n) is 3.40. The van der Waals surface area contributed by atoms with Crippen molar-refractivity contribution < 1.29 is 14.9 Å². The number of benzene rings is 2. The van der Waals surface area contributed by atoms with E-state index in [4.69, 9.17) is 4.74 Å². The number of aryl methyl sites for hydroxylation is 1. The molecule has 2 aromatic carbocycles. The number of phenolic OH excluding ortho intramolecular Hbond substituents is 1. The highest BCUT2D eigenvalue weighted by molar-refractivity contribution is 5.45. The highest BCUT2D eigenvalue weighted by atomic mass is 16.5. The van der Waals surface area contributed by atoms with Crippen molar-refractivity contribution in [3.05, 3.63) is 59.7 Å². The number of phenols is 1. The first-order valence-corrected chi connectivity index (χ1v) is 11.1. The lowest BCUT2D eigenvalue weighted by atomic mass is 9.84. The first-order valence-electron chi connectivity index (χ1n) is 11.1. The molecule has 162 valence electrons. The average molecular weight is 401 g/mol. The van der Waals surface area contributed by atoms with Crippen LogP contribution in [0.1, 0.15) is 83.3 Å². The number of para-hydroxylation sites is 1. The zero-order valence-corrected chi connectivity index (χ0v) is 18.8. The predicted octanol–water partition coefficient (Wildman–Crippen LogP) is 7.00. The highest BCUT2D eigenvalue weighted by Gasteiger charge is 2.27. The first kappa shape index (κ1) is 25.0. The Labute approximate surface area is 177 Å². The minimum atomic E-state index is -0.604. The summed E-state index contributed by atoms with van der Waals surface area (Å²) in [4.78, 5) is 0. The maximum atomic E-state index is 10.7. The van der Waals surface area contributed by atoms with Gasteiger partial charge in [-0.25, -0.2) is 0 Å². The van der Waals surface area contributed by atoms with Crippen LogP contribution in [-0.4, -0.2) is 17.3 Å². The van der Waals surface area contributed by atoms with Crippen molar-refractivity contribution in [3.8, 4) is 11.5 Å². The van der Waals surface area contributed by atoms with Crippen LogP contribution in [0.3, 0.4) is 0 Å². The summed E-state index contributed by atoms with van der Waals surface area (Å²) in [5, 5.41) is 20.4. The van der Waals surface area contributed by atoms with Gasteiger partial charge in [0, 0.05) is 0 Å². The van der Waals surface area contributed by atoms with Crippen LogP contribution in [0.15, 0.2) is 48.5 Å². The fraction of sp³-hybridized carbons (Fsp3) is 0.538. The molecule has 0 fully saturated rings. The molecule has 0 aliphatic rings. The molecule has 3 nitrogen and oxygen atoms in total. The molecular weight excluding hydrogens is 360 g/mol. The Morgan fingerprint density at radius 2 is 1.38 bits per heavy atom. The largest absolute Gasteiger partial charge is 0.504 e. The van der Waals surface area contributed by atoms with E-state index in [-0.39, 0.29) is 0 Å². The van der Waals surface area contributed by atoms with Gasteiger partial charge in [-0.2, -0.15) is 0 Å². The first-order chi connectivity index (χ1) is 14.0. The molecule has 0 radical (unpaired) electrons. The Morgan fingerprint density at radius 3 is 1.90 bits per heavy atom. The van der Waals surface area contributed by atoms with Crippen LogP contribution in [0.2, 0.25) is 0 Å². The maximum absolute atomic E-state index is 10.7. The van der Waals surface area contributed by atoms with Crippen LogP contribution < -0.4 is 4.74 Å². The van der Waals surface area contributed by atoms with Gasteiger partial charge in [-0.3, -0.25) is 0 Å². The topological polar surface area (TPSA) is 49.7 Å². The summed E-state index contributed by atoms with van der Waals surface area (Å²) in [6.45, 7) is 6.48. The van der Waals surface area contributed by atoms with Gasteiger partial charge >= 0.3 is 0 Å². The fourth-order valence-corrected chi connectivity index (χ4v) is 3.40. The summed E-state index contributed by atoms with van der Waals surface area (Å²) in [6.07, 6.45) is 9.38. The maximum Gasteiger partial charge on any atom is 0.160 e. The molecule has 0 aliphatic carbocycles. The van der Waals surface area contributed by atoms with Crippen molar-refractivity contribution in [3.63, 3.8) is 0 Å². The zero-order valence-electron chi connectivity index (χ0n) is 18.8. The van der Waals surface area contributed by atoms with Gasteiger partial charge in [-0.15, -0.1) is 0 Å². The lowest BCUT2D eigenvalue weighted by Gasteiger charge is -2.28. The third kappa shape index (κ3) is 8.49. The molecule has 0 bridgehead atoms. The van der Waals surface area contributed by atoms with Crippen LogP contribution in [0, 0.1) is 0 Å². The van der Waals surface area contributed by atoms with Gasteiger partial charge in [0.25, 0.3) is 0 Å². The molecule has 0 spiro atoms. The number of aromatic hydroxyl groups is 1. The monoisotopic (exact) mass is 400 g/mol. The molecule has 0 saturated carbocycles. The quantitative estimate of drug-likeness (QED) is 0.427. The minimum absolute atomic E-state index is 0.290. The highest BCUT2D eigenvalue weighted by Crippen LogP contribution is 2.32. The van der Waals surface area contributed by atoms with E-state index in [1.807, 2.05) is 42.5 Å². The Balaban J connectivity index is 0.000000296. The van der Waals surface area contributed by atoms with Gasteiger partial charge in [0.05, 0.1) is 12.7 Å². The molecule has 29 heavy (non-hydrogen) atoms. The molecule has 3 heteroatoms. The second kappa shape index (κ2) is 14.1. The Bertz CT molecular complexity index is 659. The molecule has 0 aliphatic heterocycles. The van der Waals surface area contributed by atoms with Crippen LogP contribution >= 0.6 is 0 Å². The summed E-state index contributed by atoms with van der Waals surface area (Å²) in [5.74, 6) is 0.854. The Hall–Kier alpha value is -2.00. The number of aliphatic hydroxyl groups is 1. The summed E-state index contributed by atoms with van der Waals surface area (Å²) < 4.78 is 5.02. The Kier molecular flexibility index (Phi) is 12.1. The van der Waals surface area contributed by atoms with Crippen molar-refractivity contribution in [1.82, 2.24) is 0 Å². The molecule has 0 heterocycles. The zero-order chi connectivity index (χ0) is 21.5. The third-order valence-electron chi connectivity index (χ3n) is 5.30. The van der Waals surface area contributed by atoms with Gasteiger partial charge in [0.1, 0.15) is 0 Å². The van der Waals surface area contributed by atoms with Crippen LogP contribution in [0.4, 0.5) is 0 Å². The molecule has 2 N–H and O–H groups in total. The van der Waals surface area contributed by atoms with Crippen molar-refractivity contribution in [2.75, 3.05) is 7.11 Å². The van der Waals surface area contributed by atoms with Crippen molar-refractivity contribution in [1.29, 1.82) is 0 Å². The second-order valence-corrected chi connectivity index (χ2v) is 7.68. The van der Waals surface area contributed by atoms with Crippen molar-refractivity contribution in [2.45, 2.75) is 84.2 Å². The van der Waals surface area contributed by atoms with E-state index in [2.05, 4.69) is 20.8 Å². The summed E-state index contributed by atoms with van der Waals surface area (Å²) in [5.41, 5.74) is 1.45. The van der Waals surface area contributed by atoms with Gasteiger partial charge < -0.3 is 14.9 Å². The minimum Gasteiger partial charge on any atom is -0.504 e. The van der Waals surface area contributed by atoms with E-state index in [0.717, 1.165) is 68.9 Å². The van der Waals surface area contributed by atoms with Gasteiger partial charge in [-0.05, 0) is 42.9 Å². The molecular formula is C26H40O3. The normalized spacial score (nSPS) is 10.9. The molecule has 0 amide bonds. The van der Waals surface area contributed by atoms with E-state index in [1.165, 1.54) is 0 Å². The van der Waals surface area contributed by atoms with Crippen molar-refractivity contribution >= 4 is 0 Å². The van der Waals surface area contributed by atoms with Crippen LogP contribution in [-0.2, 0) is 12.0 Å². The molecule has 2 aromatic rings. The average Bonchev–Trinajstić information content (AvgIpc) is 2.76. The Morgan fingerprint density at radius 1 is 0.793 bits per heavy atom. The smallest absolute Gasteiger partial charge is 0.160 e. The van der Waals surface area contributed by atoms with E-state index < -0.39 is 5.60 Å². The van der Waals surface area contributed by atoms with E-state index in [9.17, 15) is 10.2 Å². The lowest BCUT2D eigenvalue weighted by Crippen LogP contribution is -2.25. The number of hydrogen-bond acceptors (Lipinski definition) is 3. The summed E-state index contributed by atoms with van der Waals surface area (Å²) >= 11 is 0. The second-order valence-electron chi connectivity index (χ2n) is 7.68. The molecule has 2 rings (SSSR count). The van der Waals surface area contributed by atoms with Gasteiger partial charge in [0.2, 0.25) is 0 Å². The van der Waals surface area contributed by atoms with Gasteiger partial charge in [0.15, 0.2) is 11.5 Å². The standard InChI is InChI=1S/C15H24O.C11H16O2/c1-3-5-12-15(16,13-6-4-2)14-10-8-7-9-11-14;1-3-4-6-9-7-5-8-10(13-2)11(9)12/h7-11,16H,3-6,12-13H2,1-2H3;5,7-8,12H,3-4,6H2,1-2H3. The van der Waals surface area contributed by atoms with E-state index in [1.54, 1.807) is 13.2 Å². The number of hydrogen-bond donors (Lipinski definition) is 2.